The summed E-state index contributed by atoms with van der Waals surface area (Å²) in [5.74, 6) is 0. The van der Waals surface area contributed by atoms with Crippen LogP contribution in [-0.4, -0.2) is 9.97 Å². The standard InChI is InChI=1S/C10H8BrN.C10H9NO/c1-7-3-2-4-8-9(11)5-6-12-10(7)8;1-7-3-2-4-8-9(12)5-6-11-10(7)8/h2-6H,1H3;2-6H,1H3,(H,11,12). The predicted octanol–water partition coefficient (Wildman–Crippen LogP) is 5.14. The highest BCUT2D eigenvalue weighted by atomic mass is 79.9. The number of hydrogen-bond acceptors (Lipinski definition) is 2. The molecule has 0 saturated heterocycles. The van der Waals surface area contributed by atoms with Gasteiger partial charge in [0.15, 0.2) is 5.43 Å². The smallest absolute Gasteiger partial charge is 0.189 e. The highest BCUT2D eigenvalue weighted by Gasteiger charge is 2.00. The van der Waals surface area contributed by atoms with Crippen LogP contribution in [0.4, 0.5) is 0 Å². The molecule has 0 fully saturated rings. The van der Waals surface area contributed by atoms with Crippen LogP contribution in [0.2, 0.25) is 0 Å². The number of benzene rings is 2. The Morgan fingerprint density at radius 3 is 2.33 bits per heavy atom. The Labute approximate surface area is 148 Å². The molecular formula is C20H17BrN2O. The molecule has 1 N–H and O–H groups in total. The van der Waals surface area contributed by atoms with E-state index in [1.165, 1.54) is 10.9 Å². The number of halogens is 1. The number of aromatic nitrogens is 2. The van der Waals surface area contributed by atoms with E-state index in [-0.39, 0.29) is 5.43 Å². The summed E-state index contributed by atoms with van der Waals surface area (Å²) in [5, 5.41) is 1.94. The average Bonchev–Trinajstić information content (AvgIpc) is 2.58. The summed E-state index contributed by atoms with van der Waals surface area (Å²) >= 11 is 3.49. The van der Waals surface area contributed by atoms with E-state index >= 15 is 0 Å². The minimum absolute atomic E-state index is 0.0763. The number of hydrogen-bond donors (Lipinski definition) is 1. The first-order valence-corrected chi connectivity index (χ1v) is 8.44. The second-order valence-electron chi connectivity index (χ2n) is 5.60. The molecule has 120 valence electrons. The maximum absolute atomic E-state index is 11.3. The van der Waals surface area contributed by atoms with Crippen molar-refractivity contribution in [3.63, 3.8) is 0 Å². The molecule has 4 aromatic rings. The zero-order valence-electron chi connectivity index (χ0n) is 13.5. The van der Waals surface area contributed by atoms with Crippen LogP contribution in [0.5, 0.6) is 0 Å². The number of pyridine rings is 2. The lowest BCUT2D eigenvalue weighted by Gasteiger charge is -2.01. The fraction of sp³-hybridized carbons (Fsp3) is 0.100. The molecule has 3 nitrogen and oxygen atoms in total. The van der Waals surface area contributed by atoms with Gasteiger partial charge in [-0.05, 0) is 37.1 Å². The van der Waals surface area contributed by atoms with Crippen LogP contribution >= 0.6 is 15.9 Å². The number of nitrogens with zero attached hydrogens (tertiary/aromatic N) is 1. The monoisotopic (exact) mass is 380 g/mol. The molecule has 0 atom stereocenters. The maximum atomic E-state index is 11.3. The lowest BCUT2D eigenvalue weighted by atomic mass is 10.1. The van der Waals surface area contributed by atoms with E-state index in [2.05, 4.69) is 45.0 Å². The molecule has 2 heterocycles. The van der Waals surface area contributed by atoms with Gasteiger partial charge < -0.3 is 4.98 Å². The molecule has 0 aliphatic heterocycles. The number of para-hydroxylation sites is 2. The van der Waals surface area contributed by atoms with Gasteiger partial charge in [-0.2, -0.15) is 0 Å². The number of nitrogens with one attached hydrogen (secondary N) is 1. The van der Waals surface area contributed by atoms with Gasteiger partial charge in [-0.25, -0.2) is 0 Å². The second kappa shape index (κ2) is 6.97. The minimum atomic E-state index is 0.0763. The van der Waals surface area contributed by atoms with Gasteiger partial charge in [0.2, 0.25) is 0 Å². The molecule has 0 amide bonds. The van der Waals surface area contributed by atoms with Crippen LogP contribution in [0.3, 0.4) is 0 Å². The highest BCUT2D eigenvalue weighted by Crippen LogP contribution is 2.23. The first-order valence-electron chi connectivity index (χ1n) is 7.65. The summed E-state index contributed by atoms with van der Waals surface area (Å²) in [4.78, 5) is 18.7. The molecule has 2 aromatic carbocycles. The van der Waals surface area contributed by atoms with E-state index in [9.17, 15) is 4.79 Å². The Morgan fingerprint density at radius 1 is 0.917 bits per heavy atom. The Morgan fingerprint density at radius 2 is 1.62 bits per heavy atom. The molecule has 24 heavy (non-hydrogen) atoms. The number of fused-ring (bicyclic) bond motifs is 2. The molecule has 4 heteroatoms. The zero-order valence-corrected chi connectivity index (χ0v) is 15.1. The summed E-state index contributed by atoms with van der Waals surface area (Å²) in [6.45, 7) is 4.06. The van der Waals surface area contributed by atoms with Crippen molar-refractivity contribution in [2.45, 2.75) is 13.8 Å². The molecule has 0 bridgehead atoms. The minimum Gasteiger partial charge on any atom is -0.361 e. The topological polar surface area (TPSA) is 45.8 Å². The first-order chi connectivity index (χ1) is 11.6. The summed E-state index contributed by atoms with van der Waals surface area (Å²) in [5.41, 5.74) is 4.41. The molecule has 0 aliphatic carbocycles. The van der Waals surface area contributed by atoms with Crippen molar-refractivity contribution >= 4 is 37.7 Å². The van der Waals surface area contributed by atoms with Crippen molar-refractivity contribution in [2.75, 3.05) is 0 Å². The van der Waals surface area contributed by atoms with Crippen molar-refractivity contribution in [1.82, 2.24) is 9.97 Å². The zero-order chi connectivity index (χ0) is 17.1. The molecule has 0 unspecified atom stereocenters. The molecule has 2 aromatic heterocycles. The summed E-state index contributed by atoms with van der Waals surface area (Å²) < 4.78 is 1.11. The van der Waals surface area contributed by atoms with Crippen molar-refractivity contribution in [3.05, 3.63) is 86.7 Å². The number of aryl methyl sites for hydroxylation is 2. The van der Waals surface area contributed by atoms with Gasteiger partial charge in [0, 0.05) is 33.7 Å². The quantitative estimate of drug-likeness (QED) is 0.458. The number of rotatable bonds is 0. The van der Waals surface area contributed by atoms with Crippen LogP contribution in [0.1, 0.15) is 11.1 Å². The van der Waals surface area contributed by atoms with Crippen LogP contribution in [0, 0.1) is 13.8 Å². The van der Waals surface area contributed by atoms with Crippen LogP contribution < -0.4 is 5.43 Å². The Hall–Kier alpha value is -2.46. The highest BCUT2D eigenvalue weighted by molar-refractivity contribution is 9.10. The first kappa shape index (κ1) is 16.4. The Balaban J connectivity index is 0.000000141. The Bertz CT molecular complexity index is 1030. The van der Waals surface area contributed by atoms with E-state index < -0.39 is 0 Å². The lowest BCUT2D eigenvalue weighted by Crippen LogP contribution is -2.00. The third-order valence-electron chi connectivity index (χ3n) is 3.92. The number of H-pyrrole nitrogens is 1. The summed E-state index contributed by atoms with van der Waals surface area (Å²) in [7, 11) is 0. The summed E-state index contributed by atoms with van der Waals surface area (Å²) in [6, 6.07) is 15.4. The van der Waals surface area contributed by atoms with Crippen molar-refractivity contribution in [1.29, 1.82) is 0 Å². The molecule has 0 saturated carbocycles. The predicted molar refractivity (Wildman–Crippen MR) is 103 cm³/mol. The van der Waals surface area contributed by atoms with E-state index in [0.717, 1.165) is 26.5 Å². The molecular weight excluding hydrogens is 364 g/mol. The largest absolute Gasteiger partial charge is 0.361 e. The lowest BCUT2D eigenvalue weighted by molar-refractivity contribution is 1.35. The SMILES string of the molecule is Cc1cccc2c(=O)cc[nH]c12.Cc1cccc2c(Br)ccnc12. The van der Waals surface area contributed by atoms with Crippen LogP contribution in [0.15, 0.2) is 70.2 Å². The van der Waals surface area contributed by atoms with Gasteiger partial charge in [0.25, 0.3) is 0 Å². The van der Waals surface area contributed by atoms with Crippen LogP contribution in [0.25, 0.3) is 21.8 Å². The van der Waals surface area contributed by atoms with Crippen molar-refractivity contribution < 1.29 is 0 Å². The van der Waals surface area contributed by atoms with Gasteiger partial charge in [-0.15, -0.1) is 0 Å². The fourth-order valence-electron chi connectivity index (χ4n) is 2.65. The van der Waals surface area contributed by atoms with E-state index in [1.54, 1.807) is 12.3 Å². The van der Waals surface area contributed by atoms with Crippen LogP contribution in [-0.2, 0) is 0 Å². The maximum Gasteiger partial charge on any atom is 0.189 e. The van der Waals surface area contributed by atoms with E-state index in [4.69, 9.17) is 0 Å². The summed E-state index contributed by atoms with van der Waals surface area (Å²) in [6.07, 6.45) is 3.50. The Kier molecular flexibility index (Phi) is 4.76. The molecule has 0 radical (unpaired) electrons. The third kappa shape index (κ3) is 3.24. The normalized spacial score (nSPS) is 10.5. The average molecular weight is 381 g/mol. The van der Waals surface area contributed by atoms with E-state index in [1.807, 2.05) is 43.5 Å². The van der Waals surface area contributed by atoms with Gasteiger partial charge >= 0.3 is 0 Å². The van der Waals surface area contributed by atoms with E-state index in [0.29, 0.717) is 0 Å². The van der Waals surface area contributed by atoms with Gasteiger partial charge in [0.05, 0.1) is 11.0 Å². The number of aromatic amines is 1. The van der Waals surface area contributed by atoms with Gasteiger partial charge in [0.1, 0.15) is 0 Å². The van der Waals surface area contributed by atoms with Crippen molar-refractivity contribution in [3.8, 4) is 0 Å². The molecule has 0 spiro atoms. The second-order valence-corrected chi connectivity index (χ2v) is 6.46. The molecule has 4 rings (SSSR count). The third-order valence-corrected chi connectivity index (χ3v) is 4.61. The van der Waals surface area contributed by atoms with Crippen molar-refractivity contribution in [2.24, 2.45) is 0 Å². The fourth-order valence-corrected chi connectivity index (χ4v) is 3.08. The van der Waals surface area contributed by atoms with Gasteiger partial charge in [-0.1, -0.05) is 46.3 Å². The van der Waals surface area contributed by atoms with Gasteiger partial charge in [-0.3, -0.25) is 9.78 Å². The molecule has 0 aliphatic rings.